The van der Waals surface area contributed by atoms with E-state index in [1.807, 2.05) is 30.3 Å². The summed E-state index contributed by atoms with van der Waals surface area (Å²) in [5, 5.41) is 0. The fourth-order valence-corrected chi connectivity index (χ4v) is 3.17. The fourth-order valence-electron chi connectivity index (χ4n) is 2.15. The topological polar surface area (TPSA) is 47.3 Å². The minimum atomic E-state index is -0.109. The molecule has 2 rings (SSSR count). The van der Waals surface area contributed by atoms with Crippen LogP contribution in [0.5, 0.6) is 5.75 Å². The average molecular weight is 461 g/mol. The molecule has 5 heteroatoms. The van der Waals surface area contributed by atoms with Crippen molar-refractivity contribution in [2.45, 2.75) is 19.4 Å². The van der Waals surface area contributed by atoms with Crippen LogP contribution in [0.3, 0.4) is 0 Å². The van der Waals surface area contributed by atoms with E-state index in [2.05, 4.69) is 63.0 Å². The first-order valence-electron chi connectivity index (χ1n) is 6.80. The van der Waals surface area contributed by atoms with E-state index in [0.29, 0.717) is 6.61 Å². The summed E-state index contributed by atoms with van der Waals surface area (Å²) in [5.74, 6) is 6.70. The Bertz CT molecular complexity index is 607. The van der Waals surface area contributed by atoms with Crippen molar-refractivity contribution in [2.75, 3.05) is 6.61 Å². The first kappa shape index (κ1) is 16.7. The number of hydrogen-bond acceptors (Lipinski definition) is 3. The van der Waals surface area contributed by atoms with E-state index < -0.39 is 0 Å². The van der Waals surface area contributed by atoms with Gasteiger partial charge in [-0.3, -0.25) is 5.84 Å². The summed E-state index contributed by atoms with van der Waals surface area (Å²) in [6.45, 7) is 2.79. The Morgan fingerprint density at radius 2 is 2.00 bits per heavy atom. The van der Waals surface area contributed by atoms with Gasteiger partial charge >= 0.3 is 0 Å². The van der Waals surface area contributed by atoms with Crippen LogP contribution in [0.25, 0.3) is 0 Å². The normalized spacial score (nSPS) is 12.2. The molecule has 0 bridgehead atoms. The quantitative estimate of drug-likeness (QED) is 0.381. The minimum absolute atomic E-state index is 0.109. The van der Waals surface area contributed by atoms with Crippen molar-refractivity contribution >= 4 is 38.5 Å². The molecule has 0 amide bonds. The molecule has 0 aliphatic heterocycles. The molecular formula is C16H18BrIN2O. The summed E-state index contributed by atoms with van der Waals surface area (Å²) < 4.78 is 8.04. The van der Waals surface area contributed by atoms with Gasteiger partial charge in [-0.25, -0.2) is 5.43 Å². The highest BCUT2D eigenvalue weighted by atomic mass is 127. The standard InChI is InChI=1S/C16H18BrIN2O/c1-2-9-21-15-6-4-3-5-12(15)16(20-19)13-10-11(17)7-8-14(13)18/h3-8,10,16,20H,2,9,19H2,1H3. The van der Waals surface area contributed by atoms with Crippen LogP contribution in [0.15, 0.2) is 46.9 Å². The first-order chi connectivity index (χ1) is 10.2. The van der Waals surface area contributed by atoms with Crippen LogP contribution in [-0.4, -0.2) is 6.61 Å². The van der Waals surface area contributed by atoms with E-state index in [1.165, 1.54) is 0 Å². The van der Waals surface area contributed by atoms with Crippen molar-refractivity contribution < 1.29 is 4.74 Å². The smallest absolute Gasteiger partial charge is 0.124 e. The highest BCUT2D eigenvalue weighted by Gasteiger charge is 2.19. The highest BCUT2D eigenvalue weighted by molar-refractivity contribution is 14.1. The van der Waals surface area contributed by atoms with Gasteiger partial charge in [-0.1, -0.05) is 41.1 Å². The molecule has 112 valence electrons. The van der Waals surface area contributed by atoms with Crippen molar-refractivity contribution in [1.82, 2.24) is 5.43 Å². The fraction of sp³-hybridized carbons (Fsp3) is 0.250. The Morgan fingerprint density at radius 1 is 1.24 bits per heavy atom. The molecule has 3 nitrogen and oxygen atoms in total. The van der Waals surface area contributed by atoms with Gasteiger partial charge in [-0.15, -0.1) is 0 Å². The predicted octanol–water partition coefficient (Wildman–Crippen LogP) is 4.40. The molecule has 0 aliphatic carbocycles. The van der Waals surface area contributed by atoms with E-state index in [9.17, 15) is 0 Å². The van der Waals surface area contributed by atoms with Crippen molar-refractivity contribution in [1.29, 1.82) is 0 Å². The monoisotopic (exact) mass is 460 g/mol. The van der Waals surface area contributed by atoms with Gasteiger partial charge in [-0.2, -0.15) is 0 Å². The second-order valence-corrected chi connectivity index (χ2v) is 6.73. The van der Waals surface area contributed by atoms with E-state index in [1.54, 1.807) is 0 Å². The summed E-state index contributed by atoms with van der Waals surface area (Å²) in [5.41, 5.74) is 5.08. The molecule has 2 aromatic rings. The summed E-state index contributed by atoms with van der Waals surface area (Å²) in [4.78, 5) is 0. The second-order valence-electron chi connectivity index (χ2n) is 4.65. The van der Waals surface area contributed by atoms with Gasteiger partial charge in [0, 0.05) is 13.6 Å². The Balaban J connectivity index is 2.44. The SMILES string of the molecule is CCCOc1ccccc1C(NN)c1cc(Br)ccc1I. The van der Waals surface area contributed by atoms with E-state index in [-0.39, 0.29) is 6.04 Å². The van der Waals surface area contributed by atoms with Gasteiger partial charge in [0.25, 0.3) is 0 Å². The summed E-state index contributed by atoms with van der Waals surface area (Å²) in [6, 6.07) is 14.1. The third kappa shape index (κ3) is 4.18. The van der Waals surface area contributed by atoms with Crippen LogP contribution in [-0.2, 0) is 0 Å². The molecule has 2 aromatic carbocycles. The van der Waals surface area contributed by atoms with Crippen LogP contribution < -0.4 is 16.0 Å². The number of nitrogens with two attached hydrogens (primary N) is 1. The third-order valence-corrected chi connectivity index (χ3v) is 4.60. The lowest BCUT2D eigenvalue weighted by atomic mass is 9.98. The van der Waals surface area contributed by atoms with Gasteiger partial charge in [0.15, 0.2) is 0 Å². The van der Waals surface area contributed by atoms with Gasteiger partial charge in [0.2, 0.25) is 0 Å². The van der Waals surface area contributed by atoms with E-state index in [0.717, 1.165) is 31.3 Å². The van der Waals surface area contributed by atoms with Crippen LogP contribution in [0.1, 0.15) is 30.5 Å². The maximum Gasteiger partial charge on any atom is 0.124 e. The lowest BCUT2D eigenvalue weighted by Gasteiger charge is -2.21. The number of hydrogen-bond donors (Lipinski definition) is 2. The molecule has 3 N–H and O–H groups in total. The van der Waals surface area contributed by atoms with Gasteiger partial charge < -0.3 is 4.74 Å². The molecule has 0 saturated carbocycles. The number of hydrazine groups is 1. The molecular weight excluding hydrogens is 443 g/mol. The van der Waals surface area contributed by atoms with Gasteiger partial charge in [0.05, 0.1) is 12.6 Å². The Labute approximate surface area is 147 Å². The van der Waals surface area contributed by atoms with Gasteiger partial charge in [-0.05, 0) is 58.8 Å². The van der Waals surface area contributed by atoms with E-state index >= 15 is 0 Å². The largest absolute Gasteiger partial charge is 0.493 e. The molecule has 0 aliphatic rings. The summed E-state index contributed by atoms with van der Waals surface area (Å²) in [6.07, 6.45) is 0.976. The molecule has 1 atom stereocenters. The molecule has 0 heterocycles. The number of ether oxygens (including phenoxy) is 1. The zero-order chi connectivity index (χ0) is 15.2. The van der Waals surface area contributed by atoms with Crippen molar-refractivity contribution in [2.24, 2.45) is 5.84 Å². The molecule has 21 heavy (non-hydrogen) atoms. The van der Waals surface area contributed by atoms with Crippen molar-refractivity contribution in [3.63, 3.8) is 0 Å². The molecule has 0 saturated heterocycles. The number of halogens is 2. The Morgan fingerprint density at radius 3 is 2.71 bits per heavy atom. The molecule has 0 aromatic heterocycles. The highest BCUT2D eigenvalue weighted by Crippen LogP contribution is 2.33. The van der Waals surface area contributed by atoms with Crippen LogP contribution in [0.4, 0.5) is 0 Å². The number of benzene rings is 2. The maximum atomic E-state index is 5.85. The minimum Gasteiger partial charge on any atom is -0.493 e. The zero-order valence-corrected chi connectivity index (χ0v) is 15.5. The molecule has 1 unspecified atom stereocenters. The lowest BCUT2D eigenvalue weighted by molar-refractivity contribution is 0.311. The maximum absolute atomic E-state index is 5.85. The second kappa shape index (κ2) is 8.12. The Hall–Kier alpha value is -0.630. The summed E-state index contributed by atoms with van der Waals surface area (Å²) >= 11 is 5.85. The number of para-hydroxylation sites is 1. The average Bonchev–Trinajstić information content (AvgIpc) is 2.50. The zero-order valence-electron chi connectivity index (χ0n) is 11.8. The Kier molecular flexibility index (Phi) is 6.47. The lowest BCUT2D eigenvalue weighted by Crippen LogP contribution is -2.29. The van der Waals surface area contributed by atoms with E-state index in [4.69, 9.17) is 10.6 Å². The van der Waals surface area contributed by atoms with Crippen molar-refractivity contribution in [3.05, 3.63) is 61.6 Å². The summed E-state index contributed by atoms with van der Waals surface area (Å²) in [7, 11) is 0. The number of nitrogens with one attached hydrogen (secondary N) is 1. The van der Waals surface area contributed by atoms with Crippen molar-refractivity contribution in [3.8, 4) is 5.75 Å². The number of rotatable bonds is 6. The predicted molar refractivity (Wildman–Crippen MR) is 98.3 cm³/mol. The van der Waals surface area contributed by atoms with Crippen LogP contribution >= 0.6 is 38.5 Å². The molecule has 0 spiro atoms. The molecule has 0 radical (unpaired) electrons. The van der Waals surface area contributed by atoms with Crippen LogP contribution in [0, 0.1) is 3.57 Å². The molecule has 0 fully saturated rings. The van der Waals surface area contributed by atoms with Gasteiger partial charge in [0.1, 0.15) is 5.75 Å². The first-order valence-corrected chi connectivity index (χ1v) is 8.67. The van der Waals surface area contributed by atoms with Crippen LogP contribution in [0.2, 0.25) is 0 Å². The third-order valence-electron chi connectivity index (χ3n) is 3.13.